The molecule has 1 fully saturated rings. The first-order chi connectivity index (χ1) is 9.08. The molecule has 0 aliphatic carbocycles. The standard InChI is InChI=1S/C13H15BrClNO3/c14-10-8-9(15)3-4-12(10)19-7-6-16-5-1-2-11(16)13(17)18/h3-4,8,11H,1-2,5-7H2,(H,17,18)/t11-/m0/s1. The number of carboxylic acid groups (broad SMARTS) is 1. The van der Waals surface area contributed by atoms with Crippen LogP contribution in [0.4, 0.5) is 0 Å². The maximum atomic E-state index is 11.0. The number of carbonyl (C=O) groups is 1. The molecule has 1 saturated heterocycles. The largest absolute Gasteiger partial charge is 0.491 e. The number of rotatable bonds is 5. The number of aliphatic carboxylic acids is 1. The van der Waals surface area contributed by atoms with Crippen molar-refractivity contribution in [3.05, 3.63) is 27.7 Å². The molecule has 1 heterocycles. The molecule has 4 nitrogen and oxygen atoms in total. The third kappa shape index (κ3) is 3.84. The quantitative estimate of drug-likeness (QED) is 0.888. The number of hydrogen-bond donors (Lipinski definition) is 1. The van der Waals surface area contributed by atoms with Crippen molar-refractivity contribution in [3.8, 4) is 5.75 Å². The number of carboxylic acids is 1. The predicted octanol–water partition coefficient (Wildman–Crippen LogP) is 3.03. The van der Waals surface area contributed by atoms with Gasteiger partial charge in [0.25, 0.3) is 0 Å². The van der Waals surface area contributed by atoms with Gasteiger partial charge < -0.3 is 9.84 Å². The molecule has 1 N–H and O–H groups in total. The minimum Gasteiger partial charge on any atom is -0.491 e. The normalized spacial score (nSPS) is 19.6. The zero-order chi connectivity index (χ0) is 13.8. The van der Waals surface area contributed by atoms with Gasteiger partial charge in [-0.1, -0.05) is 11.6 Å². The Morgan fingerprint density at radius 1 is 1.58 bits per heavy atom. The Kier molecular flexibility index (Phi) is 5.07. The van der Waals surface area contributed by atoms with Crippen LogP contribution in [0.5, 0.6) is 5.75 Å². The summed E-state index contributed by atoms with van der Waals surface area (Å²) in [4.78, 5) is 13.0. The molecular formula is C13H15BrClNO3. The van der Waals surface area contributed by atoms with Gasteiger partial charge in [0, 0.05) is 11.6 Å². The van der Waals surface area contributed by atoms with E-state index < -0.39 is 5.97 Å². The van der Waals surface area contributed by atoms with Gasteiger partial charge in [0.05, 0.1) is 4.47 Å². The molecule has 1 aromatic rings. The van der Waals surface area contributed by atoms with Crippen molar-refractivity contribution in [3.63, 3.8) is 0 Å². The van der Waals surface area contributed by atoms with Gasteiger partial charge in [-0.05, 0) is 53.5 Å². The van der Waals surface area contributed by atoms with E-state index in [0.29, 0.717) is 18.2 Å². The second kappa shape index (κ2) is 6.59. The topological polar surface area (TPSA) is 49.8 Å². The number of likely N-dealkylation sites (tertiary alicyclic amines) is 1. The van der Waals surface area contributed by atoms with Gasteiger partial charge in [-0.2, -0.15) is 0 Å². The molecule has 0 spiro atoms. The first-order valence-electron chi connectivity index (χ1n) is 6.12. The molecule has 0 amide bonds. The number of ether oxygens (including phenoxy) is 1. The fraction of sp³-hybridized carbons (Fsp3) is 0.462. The van der Waals surface area contributed by atoms with Crippen LogP contribution in [-0.2, 0) is 4.79 Å². The third-order valence-corrected chi connectivity index (χ3v) is 4.03. The Balaban J connectivity index is 1.84. The zero-order valence-electron chi connectivity index (χ0n) is 10.3. The minimum atomic E-state index is -0.745. The summed E-state index contributed by atoms with van der Waals surface area (Å²) in [5.41, 5.74) is 0. The van der Waals surface area contributed by atoms with E-state index in [0.717, 1.165) is 29.6 Å². The van der Waals surface area contributed by atoms with Crippen molar-refractivity contribution >= 4 is 33.5 Å². The first-order valence-corrected chi connectivity index (χ1v) is 7.30. The van der Waals surface area contributed by atoms with Gasteiger partial charge in [0.2, 0.25) is 0 Å². The van der Waals surface area contributed by atoms with Gasteiger partial charge in [0.1, 0.15) is 18.4 Å². The van der Waals surface area contributed by atoms with Crippen molar-refractivity contribution in [2.45, 2.75) is 18.9 Å². The highest BCUT2D eigenvalue weighted by atomic mass is 79.9. The summed E-state index contributed by atoms with van der Waals surface area (Å²) in [5, 5.41) is 9.71. The van der Waals surface area contributed by atoms with Crippen molar-refractivity contribution in [2.24, 2.45) is 0 Å². The van der Waals surface area contributed by atoms with Crippen LogP contribution in [0.2, 0.25) is 5.02 Å². The number of nitrogens with zero attached hydrogens (tertiary/aromatic N) is 1. The molecule has 0 radical (unpaired) electrons. The number of benzene rings is 1. The smallest absolute Gasteiger partial charge is 0.320 e. The summed E-state index contributed by atoms with van der Waals surface area (Å²) < 4.78 is 6.44. The zero-order valence-corrected chi connectivity index (χ0v) is 12.7. The number of halogens is 2. The highest BCUT2D eigenvalue weighted by Crippen LogP contribution is 2.28. The SMILES string of the molecule is O=C(O)[C@@H]1CCCN1CCOc1ccc(Cl)cc1Br. The Bertz CT molecular complexity index is 469. The fourth-order valence-electron chi connectivity index (χ4n) is 2.24. The van der Waals surface area contributed by atoms with Crippen LogP contribution in [0.15, 0.2) is 22.7 Å². The maximum Gasteiger partial charge on any atom is 0.320 e. The van der Waals surface area contributed by atoms with Crippen LogP contribution < -0.4 is 4.74 Å². The fourth-order valence-corrected chi connectivity index (χ4v) is 3.04. The predicted molar refractivity (Wildman–Crippen MR) is 76.9 cm³/mol. The Morgan fingerprint density at radius 3 is 3.05 bits per heavy atom. The van der Waals surface area contributed by atoms with Crippen LogP contribution in [0, 0.1) is 0 Å². The summed E-state index contributed by atoms with van der Waals surface area (Å²) in [6.45, 7) is 1.90. The van der Waals surface area contributed by atoms with E-state index in [2.05, 4.69) is 15.9 Å². The summed E-state index contributed by atoms with van der Waals surface area (Å²) in [5.74, 6) is -0.0272. The van der Waals surface area contributed by atoms with Crippen molar-refractivity contribution in [1.82, 2.24) is 4.90 Å². The summed E-state index contributed by atoms with van der Waals surface area (Å²) in [7, 11) is 0. The molecule has 19 heavy (non-hydrogen) atoms. The highest BCUT2D eigenvalue weighted by Gasteiger charge is 2.29. The third-order valence-electron chi connectivity index (χ3n) is 3.18. The van der Waals surface area contributed by atoms with Crippen LogP contribution in [0.25, 0.3) is 0 Å². The van der Waals surface area contributed by atoms with E-state index in [1.54, 1.807) is 18.2 Å². The molecule has 0 saturated carbocycles. The van der Waals surface area contributed by atoms with Gasteiger partial charge in [-0.3, -0.25) is 9.69 Å². The lowest BCUT2D eigenvalue weighted by atomic mass is 10.2. The van der Waals surface area contributed by atoms with Gasteiger partial charge >= 0.3 is 5.97 Å². The Morgan fingerprint density at radius 2 is 2.37 bits per heavy atom. The minimum absolute atomic E-state index is 0.364. The molecule has 104 valence electrons. The first kappa shape index (κ1) is 14.6. The highest BCUT2D eigenvalue weighted by molar-refractivity contribution is 9.10. The molecule has 1 aliphatic rings. The molecule has 0 unspecified atom stereocenters. The molecule has 0 aromatic heterocycles. The molecule has 1 aliphatic heterocycles. The van der Waals surface area contributed by atoms with Gasteiger partial charge in [-0.15, -0.1) is 0 Å². The lowest BCUT2D eigenvalue weighted by molar-refractivity contribution is -0.142. The molecule has 6 heteroatoms. The van der Waals surface area contributed by atoms with Crippen molar-refractivity contribution in [1.29, 1.82) is 0 Å². The van der Waals surface area contributed by atoms with Crippen LogP contribution in [-0.4, -0.2) is 41.7 Å². The van der Waals surface area contributed by atoms with E-state index in [4.69, 9.17) is 21.4 Å². The Hall–Kier alpha value is -0.780. The molecule has 1 atom stereocenters. The van der Waals surface area contributed by atoms with Crippen LogP contribution in [0.3, 0.4) is 0 Å². The van der Waals surface area contributed by atoms with E-state index in [1.165, 1.54) is 0 Å². The lowest BCUT2D eigenvalue weighted by Crippen LogP contribution is -2.38. The average molecular weight is 349 g/mol. The van der Waals surface area contributed by atoms with Crippen LogP contribution >= 0.6 is 27.5 Å². The van der Waals surface area contributed by atoms with E-state index in [-0.39, 0.29) is 6.04 Å². The summed E-state index contributed by atoms with van der Waals surface area (Å²) in [6, 6.07) is 4.97. The Labute approximate surface area is 125 Å². The van der Waals surface area contributed by atoms with Gasteiger partial charge in [0.15, 0.2) is 0 Å². The van der Waals surface area contributed by atoms with Crippen molar-refractivity contribution in [2.75, 3.05) is 19.7 Å². The molecule has 1 aromatic carbocycles. The second-order valence-electron chi connectivity index (χ2n) is 4.46. The molecule has 2 rings (SSSR count). The summed E-state index contributed by atoms with van der Waals surface area (Å²) in [6.07, 6.45) is 1.65. The van der Waals surface area contributed by atoms with Gasteiger partial charge in [-0.25, -0.2) is 0 Å². The lowest BCUT2D eigenvalue weighted by Gasteiger charge is -2.21. The van der Waals surface area contributed by atoms with E-state index >= 15 is 0 Å². The van der Waals surface area contributed by atoms with Crippen LogP contribution in [0.1, 0.15) is 12.8 Å². The monoisotopic (exact) mass is 347 g/mol. The average Bonchev–Trinajstić information content (AvgIpc) is 2.80. The maximum absolute atomic E-state index is 11.0. The second-order valence-corrected chi connectivity index (χ2v) is 5.75. The van der Waals surface area contributed by atoms with E-state index in [9.17, 15) is 4.79 Å². The number of hydrogen-bond acceptors (Lipinski definition) is 3. The molecule has 0 bridgehead atoms. The van der Waals surface area contributed by atoms with E-state index in [1.807, 2.05) is 4.90 Å². The van der Waals surface area contributed by atoms with Crippen molar-refractivity contribution < 1.29 is 14.6 Å². The summed E-state index contributed by atoms with van der Waals surface area (Å²) >= 11 is 9.23. The molecular weight excluding hydrogens is 334 g/mol.